The van der Waals surface area contributed by atoms with Crippen LogP contribution in [0, 0.1) is 10.1 Å². The minimum atomic E-state index is -0.474. The van der Waals surface area contributed by atoms with Crippen molar-refractivity contribution in [1.82, 2.24) is 15.2 Å². The average molecular weight is 380 g/mol. The number of rotatable bonds is 7. The Balaban J connectivity index is 1.95. The number of nitrogens with one attached hydrogen (secondary N) is 1. The van der Waals surface area contributed by atoms with Crippen LogP contribution in [0.2, 0.25) is 0 Å². The SMILES string of the molecule is CN(C)CCNC(=O)c1nc(-c2ccc([N+](=O)[O-])cc2)oc1-c1ccccc1. The van der Waals surface area contributed by atoms with Gasteiger partial charge in [0.15, 0.2) is 11.5 Å². The van der Waals surface area contributed by atoms with Gasteiger partial charge in [0.25, 0.3) is 11.6 Å². The zero-order valence-electron chi connectivity index (χ0n) is 15.6. The number of benzene rings is 2. The minimum Gasteiger partial charge on any atom is -0.435 e. The van der Waals surface area contributed by atoms with Crippen LogP contribution in [0.1, 0.15) is 10.5 Å². The lowest BCUT2D eigenvalue weighted by atomic mass is 10.1. The fourth-order valence-electron chi connectivity index (χ4n) is 2.59. The van der Waals surface area contributed by atoms with Crippen molar-refractivity contribution in [2.45, 2.75) is 0 Å². The molecule has 3 rings (SSSR count). The van der Waals surface area contributed by atoms with E-state index in [1.807, 2.05) is 49.3 Å². The predicted molar refractivity (Wildman–Crippen MR) is 105 cm³/mol. The van der Waals surface area contributed by atoms with E-state index < -0.39 is 4.92 Å². The number of non-ortho nitro benzene ring substituents is 1. The van der Waals surface area contributed by atoms with Crippen molar-refractivity contribution in [2.24, 2.45) is 0 Å². The van der Waals surface area contributed by atoms with Crippen LogP contribution in [0.5, 0.6) is 0 Å². The van der Waals surface area contributed by atoms with Crippen LogP contribution in [0.25, 0.3) is 22.8 Å². The van der Waals surface area contributed by atoms with E-state index in [1.54, 1.807) is 12.1 Å². The van der Waals surface area contributed by atoms with Crippen LogP contribution in [-0.2, 0) is 0 Å². The average Bonchev–Trinajstić information content (AvgIpc) is 3.14. The normalized spacial score (nSPS) is 10.8. The lowest BCUT2D eigenvalue weighted by Gasteiger charge is -2.09. The molecule has 8 heteroatoms. The molecule has 0 saturated heterocycles. The van der Waals surface area contributed by atoms with Crippen molar-refractivity contribution in [3.05, 3.63) is 70.4 Å². The number of likely N-dealkylation sites (N-methyl/N-ethyl adjacent to an activating group) is 1. The van der Waals surface area contributed by atoms with Crippen LogP contribution < -0.4 is 5.32 Å². The third-order valence-corrected chi connectivity index (χ3v) is 4.05. The molecule has 0 aliphatic heterocycles. The molecule has 0 spiro atoms. The monoisotopic (exact) mass is 380 g/mol. The number of carbonyl (C=O) groups is 1. The first kappa shape index (κ1) is 19.2. The Kier molecular flexibility index (Phi) is 5.81. The number of aromatic nitrogens is 1. The standard InChI is InChI=1S/C20H20N4O4/c1-23(2)13-12-21-19(25)17-18(14-6-4-3-5-7-14)28-20(22-17)15-8-10-16(11-9-15)24(26)27/h3-11H,12-13H2,1-2H3,(H,21,25). The largest absolute Gasteiger partial charge is 0.435 e. The number of nitro benzene ring substituents is 1. The summed E-state index contributed by atoms with van der Waals surface area (Å²) in [6, 6.07) is 15.1. The van der Waals surface area contributed by atoms with E-state index in [1.165, 1.54) is 12.1 Å². The van der Waals surface area contributed by atoms with Gasteiger partial charge in [-0.1, -0.05) is 30.3 Å². The van der Waals surface area contributed by atoms with Gasteiger partial charge in [-0.05, 0) is 26.2 Å². The molecule has 0 aliphatic carbocycles. The summed E-state index contributed by atoms with van der Waals surface area (Å²) in [5.74, 6) is 0.250. The molecular weight excluding hydrogens is 360 g/mol. The van der Waals surface area contributed by atoms with Crippen molar-refractivity contribution in [3.8, 4) is 22.8 Å². The van der Waals surface area contributed by atoms with Crippen LogP contribution >= 0.6 is 0 Å². The molecule has 0 unspecified atom stereocenters. The van der Waals surface area contributed by atoms with Gasteiger partial charge >= 0.3 is 0 Å². The Bertz CT molecular complexity index is 966. The van der Waals surface area contributed by atoms with E-state index in [4.69, 9.17) is 4.42 Å². The zero-order chi connectivity index (χ0) is 20.1. The van der Waals surface area contributed by atoms with Crippen molar-refractivity contribution in [2.75, 3.05) is 27.2 Å². The molecule has 0 atom stereocenters. The summed E-state index contributed by atoms with van der Waals surface area (Å²) in [7, 11) is 3.84. The van der Waals surface area contributed by atoms with Gasteiger partial charge in [-0.25, -0.2) is 4.98 Å². The summed E-state index contributed by atoms with van der Waals surface area (Å²) in [5, 5.41) is 13.7. The summed E-state index contributed by atoms with van der Waals surface area (Å²) in [4.78, 5) is 29.4. The first-order chi connectivity index (χ1) is 13.5. The molecule has 0 saturated carbocycles. The Labute approximate surface area is 162 Å². The molecule has 0 radical (unpaired) electrons. The van der Waals surface area contributed by atoms with E-state index in [0.717, 1.165) is 5.56 Å². The molecule has 1 heterocycles. The number of hydrogen-bond acceptors (Lipinski definition) is 6. The first-order valence-electron chi connectivity index (χ1n) is 8.69. The number of carbonyl (C=O) groups excluding carboxylic acids is 1. The molecule has 28 heavy (non-hydrogen) atoms. The van der Waals surface area contributed by atoms with Gasteiger partial charge in [0.2, 0.25) is 5.89 Å². The summed E-state index contributed by atoms with van der Waals surface area (Å²) in [6.45, 7) is 1.17. The number of amides is 1. The van der Waals surface area contributed by atoms with Gasteiger partial charge in [0.1, 0.15) is 0 Å². The third kappa shape index (κ3) is 4.41. The first-order valence-corrected chi connectivity index (χ1v) is 8.69. The minimum absolute atomic E-state index is 0.0276. The second-order valence-corrected chi connectivity index (χ2v) is 6.43. The van der Waals surface area contributed by atoms with Crippen molar-refractivity contribution >= 4 is 11.6 Å². The highest BCUT2D eigenvalue weighted by atomic mass is 16.6. The number of nitro groups is 1. The molecule has 3 aromatic rings. The van der Waals surface area contributed by atoms with Gasteiger partial charge in [0, 0.05) is 36.3 Å². The highest BCUT2D eigenvalue weighted by molar-refractivity contribution is 5.98. The molecule has 8 nitrogen and oxygen atoms in total. The topological polar surface area (TPSA) is 102 Å². The summed E-state index contributed by atoms with van der Waals surface area (Å²) in [5.41, 5.74) is 1.43. The maximum absolute atomic E-state index is 12.7. The molecule has 1 amide bonds. The molecule has 0 aliphatic rings. The Morgan fingerprint density at radius 3 is 2.39 bits per heavy atom. The second kappa shape index (κ2) is 8.45. The number of nitrogens with zero attached hydrogens (tertiary/aromatic N) is 3. The molecule has 144 valence electrons. The lowest BCUT2D eigenvalue weighted by molar-refractivity contribution is -0.384. The van der Waals surface area contributed by atoms with Crippen LogP contribution in [0.4, 0.5) is 5.69 Å². The van der Waals surface area contributed by atoms with Gasteiger partial charge in [-0.3, -0.25) is 14.9 Å². The third-order valence-electron chi connectivity index (χ3n) is 4.05. The smallest absolute Gasteiger partial charge is 0.273 e. The lowest BCUT2D eigenvalue weighted by Crippen LogP contribution is -2.31. The Morgan fingerprint density at radius 1 is 1.11 bits per heavy atom. The van der Waals surface area contributed by atoms with Gasteiger partial charge in [-0.2, -0.15) is 0 Å². The van der Waals surface area contributed by atoms with E-state index in [0.29, 0.717) is 24.4 Å². The molecule has 1 aromatic heterocycles. The molecule has 1 N–H and O–H groups in total. The molecule has 0 bridgehead atoms. The molecular formula is C20H20N4O4. The fraction of sp³-hybridized carbons (Fsp3) is 0.200. The van der Waals surface area contributed by atoms with Crippen molar-refractivity contribution in [1.29, 1.82) is 0 Å². The van der Waals surface area contributed by atoms with Gasteiger partial charge < -0.3 is 14.6 Å². The van der Waals surface area contributed by atoms with E-state index in [2.05, 4.69) is 10.3 Å². The fourth-order valence-corrected chi connectivity index (χ4v) is 2.59. The molecule has 0 fully saturated rings. The highest BCUT2D eigenvalue weighted by Crippen LogP contribution is 2.30. The van der Waals surface area contributed by atoms with Gasteiger partial charge in [-0.15, -0.1) is 0 Å². The predicted octanol–water partition coefficient (Wildman–Crippen LogP) is 3.21. The molecule has 2 aromatic carbocycles. The van der Waals surface area contributed by atoms with E-state index in [9.17, 15) is 14.9 Å². The number of hydrogen-bond donors (Lipinski definition) is 1. The quantitative estimate of drug-likeness (QED) is 0.499. The van der Waals surface area contributed by atoms with Crippen LogP contribution in [-0.4, -0.2) is 47.9 Å². The zero-order valence-corrected chi connectivity index (χ0v) is 15.6. The maximum atomic E-state index is 12.7. The van der Waals surface area contributed by atoms with Crippen molar-refractivity contribution in [3.63, 3.8) is 0 Å². The van der Waals surface area contributed by atoms with Crippen molar-refractivity contribution < 1.29 is 14.1 Å². The van der Waals surface area contributed by atoms with E-state index >= 15 is 0 Å². The van der Waals surface area contributed by atoms with Crippen LogP contribution in [0.15, 0.2) is 59.0 Å². The Hall–Kier alpha value is -3.52. The number of oxazole rings is 1. The van der Waals surface area contributed by atoms with E-state index in [-0.39, 0.29) is 23.2 Å². The van der Waals surface area contributed by atoms with Gasteiger partial charge in [0.05, 0.1) is 4.92 Å². The maximum Gasteiger partial charge on any atom is 0.273 e. The Morgan fingerprint density at radius 2 is 1.79 bits per heavy atom. The highest BCUT2D eigenvalue weighted by Gasteiger charge is 2.22. The summed E-state index contributed by atoms with van der Waals surface area (Å²) >= 11 is 0. The summed E-state index contributed by atoms with van der Waals surface area (Å²) < 4.78 is 5.88. The van der Waals surface area contributed by atoms with Crippen LogP contribution in [0.3, 0.4) is 0 Å². The summed E-state index contributed by atoms with van der Waals surface area (Å²) in [6.07, 6.45) is 0. The second-order valence-electron chi connectivity index (χ2n) is 6.43.